The van der Waals surface area contributed by atoms with Crippen molar-refractivity contribution in [2.75, 3.05) is 12.4 Å². The Morgan fingerprint density at radius 1 is 1.41 bits per heavy atom. The molecule has 1 aromatic carbocycles. The molecule has 0 unspecified atom stereocenters. The zero-order valence-corrected chi connectivity index (χ0v) is 11.1. The average molecular weight is 317 g/mol. The molecule has 1 heterocycles. The molecule has 0 aliphatic carbocycles. The van der Waals surface area contributed by atoms with E-state index in [2.05, 4.69) is 20.0 Å². The number of hydrogen-bond acceptors (Lipinski definition) is 6. The molecule has 10 heteroatoms. The van der Waals surface area contributed by atoms with Crippen molar-refractivity contribution in [2.24, 2.45) is 0 Å². The maximum absolute atomic E-state index is 12.1. The zero-order valence-electron chi connectivity index (χ0n) is 11.1. The van der Waals surface area contributed by atoms with Gasteiger partial charge in [-0.3, -0.25) is 10.1 Å². The fourth-order valence-electron chi connectivity index (χ4n) is 1.55. The van der Waals surface area contributed by atoms with Crippen molar-refractivity contribution in [1.82, 2.24) is 10.1 Å². The molecule has 22 heavy (non-hydrogen) atoms. The number of nitrogens with zero attached hydrogens (tertiary/aromatic N) is 2. The molecule has 2 rings (SSSR count). The number of methoxy groups -OCH3 is 1. The molecular formula is C12H10F3N3O4. The highest BCUT2D eigenvalue weighted by Crippen LogP contribution is 2.23. The Hall–Kier alpha value is -2.78. The molecule has 1 amide bonds. The van der Waals surface area contributed by atoms with Crippen LogP contribution in [-0.4, -0.2) is 34.4 Å². The summed E-state index contributed by atoms with van der Waals surface area (Å²) in [6.45, 7) is 0. The normalized spacial score (nSPS) is 11.3. The molecule has 0 spiro atoms. The second-order valence-electron chi connectivity index (χ2n) is 4.18. The summed E-state index contributed by atoms with van der Waals surface area (Å²) in [6, 6.07) is 3.76. The Kier molecular flexibility index (Phi) is 4.20. The highest BCUT2D eigenvalue weighted by Gasteiger charge is 2.31. The lowest BCUT2D eigenvalue weighted by Gasteiger charge is -2.05. The summed E-state index contributed by atoms with van der Waals surface area (Å²) >= 11 is 0. The molecule has 7 nitrogen and oxygen atoms in total. The number of rotatable bonds is 4. The van der Waals surface area contributed by atoms with E-state index in [4.69, 9.17) is 4.74 Å². The number of ether oxygens (including phenoxy) is 1. The van der Waals surface area contributed by atoms with E-state index in [1.165, 1.54) is 19.2 Å². The van der Waals surface area contributed by atoms with E-state index < -0.39 is 30.3 Å². The number of carbonyl (C=O) groups is 1. The number of benzene rings is 1. The van der Waals surface area contributed by atoms with Gasteiger partial charge in [0.25, 0.3) is 11.9 Å². The van der Waals surface area contributed by atoms with Crippen molar-refractivity contribution < 1.29 is 32.3 Å². The van der Waals surface area contributed by atoms with Crippen molar-refractivity contribution in [3.8, 4) is 11.5 Å². The van der Waals surface area contributed by atoms with Gasteiger partial charge in [-0.2, -0.15) is 18.2 Å². The standard InChI is InChI=1S/C12H10F3N3O4/c1-21-8-3-6(2-7(19)4-8)10(20)17-11-16-9(22-18-11)5-12(13,14)15/h2-4,19H,5H2,1H3,(H,17,18,20). The van der Waals surface area contributed by atoms with Gasteiger partial charge in [-0.05, 0) is 17.3 Å². The number of halogens is 3. The Morgan fingerprint density at radius 3 is 2.77 bits per heavy atom. The second-order valence-corrected chi connectivity index (χ2v) is 4.18. The van der Waals surface area contributed by atoms with E-state index in [1.807, 2.05) is 0 Å². The predicted molar refractivity (Wildman–Crippen MR) is 66.7 cm³/mol. The number of hydrogen-bond donors (Lipinski definition) is 2. The van der Waals surface area contributed by atoms with Crippen molar-refractivity contribution in [1.29, 1.82) is 0 Å². The number of aromatic hydroxyl groups is 1. The lowest BCUT2D eigenvalue weighted by Crippen LogP contribution is -2.14. The summed E-state index contributed by atoms with van der Waals surface area (Å²) in [7, 11) is 1.35. The summed E-state index contributed by atoms with van der Waals surface area (Å²) in [4.78, 5) is 15.3. The molecule has 0 fully saturated rings. The van der Waals surface area contributed by atoms with Crippen molar-refractivity contribution in [2.45, 2.75) is 12.6 Å². The van der Waals surface area contributed by atoms with Crippen molar-refractivity contribution in [3.05, 3.63) is 29.7 Å². The van der Waals surface area contributed by atoms with Gasteiger partial charge >= 0.3 is 6.18 Å². The first-order valence-corrected chi connectivity index (χ1v) is 5.85. The molecule has 0 bridgehead atoms. The molecule has 2 aromatic rings. The first-order valence-electron chi connectivity index (χ1n) is 5.85. The maximum atomic E-state index is 12.1. The molecule has 0 saturated carbocycles. The molecule has 0 atom stereocenters. The number of amides is 1. The number of phenolic OH excluding ortho intramolecular Hbond substituents is 1. The van der Waals surface area contributed by atoms with Crippen LogP contribution in [0.15, 0.2) is 22.7 Å². The zero-order chi connectivity index (χ0) is 16.3. The van der Waals surface area contributed by atoms with Crippen LogP contribution >= 0.6 is 0 Å². The van der Waals surface area contributed by atoms with E-state index >= 15 is 0 Å². The van der Waals surface area contributed by atoms with Crippen LogP contribution in [0, 0.1) is 0 Å². The number of nitrogens with one attached hydrogen (secondary N) is 1. The smallest absolute Gasteiger partial charge is 0.397 e. The van der Waals surface area contributed by atoms with E-state index in [-0.39, 0.29) is 17.1 Å². The minimum atomic E-state index is -4.49. The number of anilines is 1. The van der Waals surface area contributed by atoms with Gasteiger partial charge in [0, 0.05) is 11.6 Å². The van der Waals surface area contributed by atoms with E-state index in [0.717, 1.165) is 6.07 Å². The van der Waals surface area contributed by atoms with Gasteiger partial charge in [0.05, 0.1) is 7.11 Å². The van der Waals surface area contributed by atoms with Gasteiger partial charge in [-0.15, -0.1) is 0 Å². The lowest BCUT2D eigenvalue weighted by atomic mass is 10.2. The third-order valence-corrected chi connectivity index (χ3v) is 2.43. The van der Waals surface area contributed by atoms with Gasteiger partial charge in [-0.25, -0.2) is 0 Å². The largest absolute Gasteiger partial charge is 0.508 e. The Bertz CT molecular complexity index is 684. The summed E-state index contributed by atoms with van der Waals surface area (Å²) in [5.74, 6) is -1.80. The Morgan fingerprint density at radius 2 is 2.14 bits per heavy atom. The van der Waals surface area contributed by atoms with Gasteiger partial charge in [-0.1, -0.05) is 0 Å². The molecule has 0 radical (unpaired) electrons. The summed E-state index contributed by atoms with van der Waals surface area (Å²) in [5, 5.41) is 14.8. The van der Waals surface area contributed by atoms with Crippen molar-refractivity contribution in [3.63, 3.8) is 0 Å². The number of carbonyl (C=O) groups excluding carboxylic acids is 1. The van der Waals surface area contributed by atoms with Crippen LogP contribution in [-0.2, 0) is 6.42 Å². The summed E-state index contributed by atoms with van der Waals surface area (Å²) in [6.07, 6.45) is -5.89. The molecule has 0 aliphatic heterocycles. The van der Waals surface area contributed by atoms with Crippen LogP contribution in [0.1, 0.15) is 16.2 Å². The predicted octanol–water partition coefficient (Wildman–Crippen LogP) is 2.14. The Balaban J connectivity index is 2.11. The van der Waals surface area contributed by atoms with Crippen LogP contribution in [0.4, 0.5) is 19.1 Å². The monoisotopic (exact) mass is 317 g/mol. The molecule has 0 aliphatic rings. The number of phenols is 1. The third-order valence-electron chi connectivity index (χ3n) is 2.43. The van der Waals surface area contributed by atoms with Crippen LogP contribution in [0.2, 0.25) is 0 Å². The molecule has 1 aromatic heterocycles. The van der Waals surface area contributed by atoms with E-state index in [9.17, 15) is 23.1 Å². The average Bonchev–Trinajstić information content (AvgIpc) is 2.82. The van der Waals surface area contributed by atoms with E-state index in [0.29, 0.717) is 0 Å². The van der Waals surface area contributed by atoms with Crippen LogP contribution in [0.5, 0.6) is 11.5 Å². The van der Waals surface area contributed by atoms with Crippen LogP contribution < -0.4 is 10.1 Å². The lowest BCUT2D eigenvalue weighted by molar-refractivity contribution is -0.131. The summed E-state index contributed by atoms with van der Waals surface area (Å²) < 4.78 is 45.7. The van der Waals surface area contributed by atoms with Gasteiger partial charge < -0.3 is 14.4 Å². The fraction of sp³-hybridized carbons (Fsp3) is 0.250. The molecule has 0 saturated heterocycles. The highest BCUT2D eigenvalue weighted by molar-refractivity contribution is 6.03. The van der Waals surface area contributed by atoms with Crippen molar-refractivity contribution >= 4 is 11.9 Å². The van der Waals surface area contributed by atoms with Gasteiger partial charge in [0.2, 0.25) is 5.89 Å². The SMILES string of the molecule is COc1cc(O)cc(C(=O)Nc2noc(CC(F)(F)F)n2)c1. The Labute approximate surface area is 121 Å². The molecular weight excluding hydrogens is 307 g/mol. The highest BCUT2D eigenvalue weighted by atomic mass is 19.4. The number of alkyl halides is 3. The van der Waals surface area contributed by atoms with Crippen LogP contribution in [0.3, 0.4) is 0 Å². The minimum Gasteiger partial charge on any atom is -0.508 e. The van der Waals surface area contributed by atoms with E-state index in [1.54, 1.807) is 0 Å². The summed E-state index contributed by atoms with van der Waals surface area (Å²) in [5.41, 5.74) is 0.0130. The third kappa shape index (κ3) is 4.11. The molecule has 2 N–H and O–H groups in total. The fourth-order valence-corrected chi connectivity index (χ4v) is 1.55. The topological polar surface area (TPSA) is 97.5 Å². The second kappa shape index (κ2) is 5.92. The van der Waals surface area contributed by atoms with Crippen LogP contribution in [0.25, 0.3) is 0 Å². The quantitative estimate of drug-likeness (QED) is 0.896. The first kappa shape index (κ1) is 15.6. The maximum Gasteiger partial charge on any atom is 0.397 e. The van der Waals surface area contributed by atoms with Gasteiger partial charge in [0.1, 0.15) is 17.9 Å². The number of aromatic nitrogens is 2. The molecule has 118 valence electrons. The van der Waals surface area contributed by atoms with Gasteiger partial charge in [0.15, 0.2) is 0 Å². The first-order chi connectivity index (χ1) is 10.3. The minimum absolute atomic E-state index is 0.0130.